The van der Waals surface area contributed by atoms with Gasteiger partial charge < -0.3 is 9.88 Å². The van der Waals surface area contributed by atoms with Crippen molar-refractivity contribution in [3.8, 4) is 0 Å². The smallest absolute Gasteiger partial charge is 0.128 e. The van der Waals surface area contributed by atoms with Crippen LogP contribution < -0.4 is 5.32 Å². The number of imidazole rings is 1. The summed E-state index contributed by atoms with van der Waals surface area (Å²) in [5, 5.41) is 3.38. The van der Waals surface area contributed by atoms with Crippen molar-refractivity contribution in [3.05, 3.63) is 47.0 Å². The van der Waals surface area contributed by atoms with Gasteiger partial charge in [0.15, 0.2) is 0 Å². The minimum atomic E-state index is 0.746. The molecule has 0 aliphatic rings. The Morgan fingerprint density at radius 2 is 2.18 bits per heavy atom. The van der Waals surface area contributed by atoms with Gasteiger partial charge in [-0.3, -0.25) is 0 Å². The maximum absolute atomic E-state index is 4.36. The molecule has 4 heteroatoms. The lowest BCUT2D eigenvalue weighted by atomic mass is 10.3. The first-order valence-corrected chi connectivity index (χ1v) is 6.59. The Kier molecular flexibility index (Phi) is 4.20. The van der Waals surface area contributed by atoms with E-state index < -0.39 is 0 Å². The molecule has 1 heterocycles. The molecule has 0 unspecified atom stereocenters. The summed E-state index contributed by atoms with van der Waals surface area (Å²) in [7, 11) is 0. The summed E-state index contributed by atoms with van der Waals surface area (Å²) in [6.07, 6.45) is 5.01. The van der Waals surface area contributed by atoms with Gasteiger partial charge in [-0.05, 0) is 34.5 Å². The molecule has 0 saturated heterocycles. The molecule has 2 aromatic rings. The van der Waals surface area contributed by atoms with E-state index >= 15 is 0 Å². The number of nitrogens with zero attached hydrogens (tertiary/aromatic N) is 2. The molecule has 0 saturated carbocycles. The van der Waals surface area contributed by atoms with Crippen LogP contribution in [0.3, 0.4) is 0 Å². The van der Waals surface area contributed by atoms with Gasteiger partial charge in [-0.1, -0.05) is 19.1 Å². The molecule has 2 rings (SSSR count). The van der Waals surface area contributed by atoms with Crippen molar-refractivity contribution >= 4 is 21.6 Å². The van der Waals surface area contributed by atoms with E-state index in [4.69, 9.17) is 0 Å². The van der Waals surface area contributed by atoms with Crippen LogP contribution in [-0.2, 0) is 13.1 Å². The quantitative estimate of drug-likeness (QED) is 0.912. The van der Waals surface area contributed by atoms with Crippen LogP contribution in [0.15, 0.2) is 41.1 Å². The largest absolute Gasteiger partial charge is 0.377 e. The van der Waals surface area contributed by atoms with E-state index in [-0.39, 0.29) is 0 Å². The molecule has 90 valence electrons. The fourth-order valence-electron chi connectivity index (χ4n) is 1.73. The standard InChI is InChI=1S/C13H16BrN3/c1-2-8-17-9-7-15-13(17)10-16-12-6-4-3-5-11(12)14/h3-7,9,16H,2,8,10H2,1H3. The number of benzene rings is 1. The first-order chi connectivity index (χ1) is 8.31. The molecule has 1 aromatic heterocycles. The number of halogens is 1. The summed E-state index contributed by atoms with van der Waals surface area (Å²) < 4.78 is 3.26. The molecule has 1 aromatic carbocycles. The molecule has 3 nitrogen and oxygen atoms in total. The van der Waals surface area contributed by atoms with Gasteiger partial charge in [0.1, 0.15) is 5.82 Å². The second-order valence-corrected chi connectivity index (χ2v) is 4.72. The minimum absolute atomic E-state index is 0.746. The lowest BCUT2D eigenvalue weighted by Gasteiger charge is -2.10. The minimum Gasteiger partial charge on any atom is -0.377 e. The van der Waals surface area contributed by atoms with Crippen molar-refractivity contribution < 1.29 is 0 Å². The van der Waals surface area contributed by atoms with Gasteiger partial charge in [0, 0.05) is 29.1 Å². The summed E-state index contributed by atoms with van der Waals surface area (Å²) in [5.41, 5.74) is 1.10. The highest BCUT2D eigenvalue weighted by molar-refractivity contribution is 9.10. The average Bonchev–Trinajstić information content (AvgIpc) is 2.76. The Labute approximate surface area is 110 Å². The molecule has 0 spiro atoms. The molecular weight excluding hydrogens is 278 g/mol. The predicted molar refractivity (Wildman–Crippen MR) is 74.0 cm³/mol. The number of aryl methyl sites for hydroxylation is 1. The summed E-state index contributed by atoms with van der Waals surface area (Å²) in [6, 6.07) is 8.11. The summed E-state index contributed by atoms with van der Waals surface area (Å²) in [6.45, 7) is 3.94. The van der Waals surface area contributed by atoms with Crippen LogP contribution in [0, 0.1) is 0 Å². The van der Waals surface area contributed by atoms with E-state index in [1.54, 1.807) is 0 Å². The summed E-state index contributed by atoms with van der Waals surface area (Å²) in [4.78, 5) is 4.36. The van der Waals surface area contributed by atoms with Gasteiger partial charge in [0.05, 0.1) is 6.54 Å². The fourth-order valence-corrected chi connectivity index (χ4v) is 2.16. The van der Waals surface area contributed by atoms with Gasteiger partial charge in [-0.2, -0.15) is 0 Å². The van der Waals surface area contributed by atoms with Crippen molar-refractivity contribution in [2.24, 2.45) is 0 Å². The highest BCUT2D eigenvalue weighted by atomic mass is 79.9. The Balaban J connectivity index is 2.02. The lowest BCUT2D eigenvalue weighted by molar-refractivity contribution is 0.644. The van der Waals surface area contributed by atoms with E-state index in [1.807, 2.05) is 30.6 Å². The number of para-hydroxylation sites is 1. The molecule has 0 radical (unpaired) electrons. The van der Waals surface area contributed by atoms with E-state index in [0.717, 1.165) is 35.5 Å². The molecule has 0 aliphatic carbocycles. The number of rotatable bonds is 5. The second-order valence-electron chi connectivity index (χ2n) is 3.87. The normalized spacial score (nSPS) is 10.5. The SMILES string of the molecule is CCCn1ccnc1CNc1ccccc1Br. The monoisotopic (exact) mass is 293 g/mol. The van der Waals surface area contributed by atoms with Crippen molar-refractivity contribution in [1.82, 2.24) is 9.55 Å². The van der Waals surface area contributed by atoms with E-state index in [2.05, 4.69) is 43.8 Å². The topological polar surface area (TPSA) is 29.9 Å². The molecule has 0 fully saturated rings. The number of anilines is 1. The third kappa shape index (κ3) is 3.09. The van der Waals surface area contributed by atoms with Crippen LogP contribution >= 0.6 is 15.9 Å². The number of nitrogens with one attached hydrogen (secondary N) is 1. The Morgan fingerprint density at radius 1 is 1.35 bits per heavy atom. The van der Waals surface area contributed by atoms with Crippen molar-refractivity contribution in [3.63, 3.8) is 0 Å². The number of aromatic nitrogens is 2. The van der Waals surface area contributed by atoms with Gasteiger partial charge >= 0.3 is 0 Å². The van der Waals surface area contributed by atoms with Crippen LogP contribution in [0.5, 0.6) is 0 Å². The van der Waals surface area contributed by atoms with Crippen molar-refractivity contribution in [2.45, 2.75) is 26.4 Å². The molecule has 0 bridgehead atoms. The third-order valence-electron chi connectivity index (χ3n) is 2.58. The molecule has 17 heavy (non-hydrogen) atoms. The van der Waals surface area contributed by atoms with E-state index in [0.29, 0.717) is 0 Å². The van der Waals surface area contributed by atoms with E-state index in [9.17, 15) is 0 Å². The second kappa shape index (κ2) is 5.87. The highest BCUT2D eigenvalue weighted by Gasteiger charge is 2.03. The zero-order chi connectivity index (χ0) is 12.1. The number of hydrogen-bond donors (Lipinski definition) is 1. The van der Waals surface area contributed by atoms with Gasteiger partial charge in [-0.15, -0.1) is 0 Å². The number of hydrogen-bond acceptors (Lipinski definition) is 2. The summed E-state index contributed by atoms with van der Waals surface area (Å²) >= 11 is 3.52. The van der Waals surface area contributed by atoms with Crippen LogP contribution in [0.1, 0.15) is 19.2 Å². The Morgan fingerprint density at radius 3 is 2.94 bits per heavy atom. The first kappa shape index (κ1) is 12.2. The first-order valence-electron chi connectivity index (χ1n) is 5.79. The highest BCUT2D eigenvalue weighted by Crippen LogP contribution is 2.21. The zero-order valence-electron chi connectivity index (χ0n) is 9.86. The van der Waals surface area contributed by atoms with E-state index in [1.165, 1.54) is 0 Å². The van der Waals surface area contributed by atoms with Gasteiger partial charge in [-0.25, -0.2) is 4.98 Å². The molecule has 1 N–H and O–H groups in total. The molecular formula is C13H16BrN3. The third-order valence-corrected chi connectivity index (χ3v) is 3.27. The fraction of sp³-hybridized carbons (Fsp3) is 0.308. The van der Waals surface area contributed by atoms with Crippen LogP contribution in [0.4, 0.5) is 5.69 Å². The maximum Gasteiger partial charge on any atom is 0.128 e. The van der Waals surface area contributed by atoms with Gasteiger partial charge in [0.2, 0.25) is 0 Å². The lowest BCUT2D eigenvalue weighted by Crippen LogP contribution is -2.08. The van der Waals surface area contributed by atoms with Crippen molar-refractivity contribution in [1.29, 1.82) is 0 Å². The predicted octanol–water partition coefficient (Wildman–Crippen LogP) is 3.67. The van der Waals surface area contributed by atoms with Crippen LogP contribution in [-0.4, -0.2) is 9.55 Å². The summed E-state index contributed by atoms with van der Waals surface area (Å²) in [5.74, 6) is 1.07. The molecule has 0 atom stereocenters. The van der Waals surface area contributed by atoms with Crippen molar-refractivity contribution in [2.75, 3.05) is 5.32 Å². The molecule has 0 amide bonds. The van der Waals surface area contributed by atoms with Crippen LogP contribution in [0.25, 0.3) is 0 Å². The molecule has 0 aliphatic heterocycles. The van der Waals surface area contributed by atoms with Gasteiger partial charge in [0.25, 0.3) is 0 Å². The Hall–Kier alpha value is -1.29. The van der Waals surface area contributed by atoms with Crippen LogP contribution in [0.2, 0.25) is 0 Å². The average molecular weight is 294 g/mol. The maximum atomic E-state index is 4.36. The zero-order valence-corrected chi connectivity index (χ0v) is 11.4. The Bertz CT molecular complexity index is 479.